The van der Waals surface area contributed by atoms with Gasteiger partial charge in [0, 0.05) is 17.0 Å². The molecule has 0 bridgehead atoms. The fourth-order valence-corrected chi connectivity index (χ4v) is 1.72. The van der Waals surface area contributed by atoms with E-state index in [0.29, 0.717) is 22.0 Å². The molecule has 76 valence electrons. The van der Waals surface area contributed by atoms with Crippen LogP contribution in [0.25, 0.3) is 0 Å². The van der Waals surface area contributed by atoms with E-state index in [4.69, 9.17) is 23.2 Å². The van der Waals surface area contributed by atoms with Crippen LogP contribution in [-0.2, 0) is 0 Å². The molecule has 0 aromatic heterocycles. The van der Waals surface area contributed by atoms with Gasteiger partial charge in [0.15, 0.2) is 5.78 Å². The zero-order valence-corrected chi connectivity index (χ0v) is 9.74. The molecule has 0 saturated carbocycles. The molecule has 0 N–H and O–H groups in total. The molecule has 1 rings (SSSR count). The summed E-state index contributed by atoms with van der Waals surface area (Å²) in [6, 6.07) is 3.38. The van der Waals surface area contributed by atoms with Gasteiger partial charge in [0.1, 0.15) is 0 Å². The lowest BCUT2D eigenvalue weighted by Crippen LogP contribution is -1.99. The minimum atomic E-state index is 0.0808. The molecule has 0 atom stereocenters. The SMILES string of the molecule is CCCC(=O)c1cc(C)c(Cl)cc1Cl. The van der Waals surface area contributed by atoms with Crippen molar-refractivity contribution in [3.8, 4) is 0 Å². The average molecular weight is 231 g/mol. The summed E-state index contributed by atoms with van der Waals surface area (Å²) in [5.74, 6) is 0.0808. The Morgan fingerprint density at radius 3 is 2.50 bits per heavy atom. The van der Waals surface area contributed by atoms with Gasteiger partial charge in [-0.1, -0.05) is 30.1 Å². The molecule has 0 unspecified atom stereocenters. The fraction of sp³-hybridized carbons (Fsp3) is 0.364. The van der Waals surface area contributed by atoms with Crippen molar-refractivity contribution in [2.24, 2.45) is 0 Å². The molecule has 0 aliphatic carbocycles. The van der Waals surface area contributed by atoms with E-state index >= 15 is 0 Å². The van der Waals surface area contributed by atoms with Crippen molar-refractivity contribution in [1.82, 2.24) is 0 Å². The molecule has 0 spiro atoms. The molecule has 0 aliphatic heterocycles. The van der Waals surface area contributed by atoms with E-state index in [-0.39, 0.29) is 5.78 Å². The van der Waals surface area contributed by atoms with Crippen LogP contribution in [0.15, 0.2) is 12.1 Å². The zero-order chi connectivity index (χ0) is 10.7. The van der Waals surface area contributed by atoms with Gasteiger partial charge in [-0.3, -0.25) is 4.79 Å². The lowest BCUT2D eigenvalue weighted by molar-refractivity contribution is 0.0982. The lowest BCUT2D eigenvalue weighted by Gasteiger charge is -2.05. The number of Topliss-reactive ketones (excluding diaryl/α,β-unsaturated/α-hetero) is 1. The summed E-state index contributed by atoms with van der Waals surface area (Å²) >= 11 is 11.8. The first kappa shape index (κ1) is 11.5. The monoisotopic (exact) mass is 230 g/mol. The van der Waals surface area contributed by atoms with Crippen molar-refractivity contribution >= 4 is 29.0 Å². The standard InChI is InChI=1S/C11H12Cl2O/c1-3-4-11(14)8-5-7(2)9(12)6-10(8)13/h5-6H,3-4H2,1-2H3. The Morgan fingerprint density at radius 1 is 1.29 bits per heavy atom. The third kappa shape index (κ3) is 2.49. The van der Waals surface area contributed by atoms with E-state index in [1.165, 1.54) is 0 Å². The largest absolute Gasteiger partial charge is 0.294 e. The van der Waals surface area contributed by atoms with Crippen LogP contribution in [0.5, 0.6) is 0 Å². The first-order chi connectivity index (χ1) is 6.56. The maximum Gasteiger partial charge on any atom is 0.164 e. The van der Waals surface area contributed by atoms with E-state index in [1.807, 2.05) is 13.8 Å². The Bertz CT molecular complexity index is 359. The van der Waals surface area contributed by atoms with Crippen molar-refractivity contribution in [2.45, 2.75) is 26.7 Å². The highest BCUT2D eigenvalue weighted by Gasteiger charge is 2.11. The van der Waals surface area contributed by atoms with Crippen molar-refractivity contribution in [3.63, 3.8) is 0 Å². The number of hydrogen-bond donors (Lipinski definition) is 0. The Kier molecular flexibility index (Phi) is 3.97. The van der Waals surface area contributed by atoms with E-state index in [1.54, 1.807) is 12.1 Å². The maximum absolute atomic E-state index is 11.6. The third-order valence-corrected chi connectivity index (χ3v) is 2.75. The van der Waals surface area contributed by atoms with E-state index in [9.17, 15) is 4.79 Å². The van der Waals surface area contributed by atoms with Crippen LogP contribution in [0.3, 0.4) is 0 Å². The molecule has 1 aromatic rings. The molecule has 3 heteroatoms. The number of benzene rings is 1. The van der Waals surface area contributed by atoms with E-state index in [0.717, 1.165) is 12.0 Å². The highest BCUT2D eigenvalue weighted by atomic mass is 35.5. The Morgan fingerprint density at radius 2 is 1.93 bits per heavy atom. The third-order valence-electron chi connectivity index (χ3n) is 2.03. The van der Waals surface area contributed by atoms with Crippen LogP contribution < -0.4 is 0 Å². The molecule has 1 aromatic carbocycles. The number of halogens is 2. The molecule has 0 fully saturated rings. The van der Waals surface area contributed by atoms with Crippen molar-refractivity contribution in [2.75, 3.05) is 0 Å². The molecule has 0 saturated heterocycles. The van der Waals surface area contributed by atoms with E-state index < -0.39 is 0 Å². The second-order valence-electron chi connectivity index (χ2n) is 3.25. The van der Waals surface area contributed by atoms with Crippen LogP contribution in [-0.4, -0.2) is 5.78 Å². The Balaban J connectivity index is 3.09. The van der Waals surface area contributed by atoms with Gasteiger partial charge in [-0.15, -0.1) is 0 Å². The zero-order valence-electron chi connectivity index (χ0n) is 8.23. The second-order valence-corrected chi connectivity index (χ2v) is 4.07. The molecular weight excluding hydrogens is 219 g/mol. The van der Waals surface area contributed by atoms with Crippen LogP contribution in [0.1, 0.15) is 35.7 Å². The highest BCUT2D eigenvalue weighted by molar-refractivity contribution is 6.37. The van der Waals surface area contributed by atoms with Crippen molar-refractivity contribution in [1.29, 1.82) is 0 Å². The summed E-state index contributed by atoms with van der Waals surface area (Å²) < 4.78 is 0. The van der Waals surface area contributed by atoms with Crippen LogP contribution >= 0.6 is 23.2 Å². The molecule has 1 nitrogen and oxygen atoms in total. The van der Waals surface area contributed by atoms with Crippen molar-refractivity contribution < 1.29 is 4.79 Å². The highest BCUT2D eigenvalue weighted by Crippen LogP contribution is 2.25. The number of carbonyl (C=O) groups is 1. The molecule has 0 radical (unpaired) electrons. The first-order valence-electron chi connectivity index (χ1n) is 4.55. The van der Waals surface area contributed by atoms with Gasteiger partial charge in [-0.05, 0) is 31.0 Å². The smallest absolute Gasteiger partial charge is 0.164 e. The molecule has 14 heavy (non-hydrogen) atoms. The summed E-state index contributed by atoms with van der Waals surface area (Å²) in [7, 11) is 0. The minimum absolute atomic E-state index is 0.0808. The average Bonchev–Trinajstić information content (AvgIpc) is 2.11. The maximum atomic E-state index is 11.6. The summed E-state index contributed by atoms with van der Waals surface area (Å²) in [6.45, 7) is 3.83. The van der Waals surface area contributed by atoms with Gasteiger partial charge in [-0.25, -0.2) is 0 Å². The van der Waals surface area contributed by atoms with Crippen LogP contribution in [0.4, 0.5) is 0 Å². The van der Waals surface area contributed by atoms with E-state index in [2.05, 4.69) is 0 Å². The van der Waals surface area contributed by atoms with Gasteiger partial charge in [0.05, 0.1) is 5.02 Å². The van der Waals surface area contributed by atoms with Gasteiger partial charge in [-0.2, -0.15) is 0 Å². The number of carbonyl (C=O) groups excluding carboxylic acids is 1. The second kappa shape index (κ2) is 4.81. The normalized spacial score (nSPS) is 10.3. The summed E-state index contributed by atoms with van der Waals surface area (Å²) in [5, 5.41) is 1.04. The van der Waals surface area contributed by atoms with Gasteiger partial charge < -0.3 is 0 Å². The molecule has 0 heterocycles. The Hall–Kier alpha value is -0.530. The van der Waals surface area contributed by atoms with Crippen molar-refractivity contribution in [3.05, 3.63) is 33.3 Å². The first-order valence-corrected chi connectivity index (χ1v) is 5.30. The molecular formula is C11H12Cl2O. The summed E-state index contributed by atoms with van der Waals surface area (Å²) in [6.07, 6.45) is 1.36. The summed E-state index contributed by atoms with van der Waals surface area (Å²) in [5.41, 5.74) is 1.46. The number of ketones is 1. The quantitative estimate of drug-likeness (QED) is 0.709. The van der Waals surface area contributed by atoms with Gasteiger partial charge in [0.25, 0.3) is 0 Å². The number of rotatable bonds is 3. The Labute approximate surface area is 94.0 Å². The van der Waals surface area contributed by atoms with Gasteiger partial charge >= 0.3 is 0 Å². The van der Waals surface area contributed by atoms with Crippen LogP contribution in [0.2, 0.25) is 10.0 Å². The van der Waals surface area contributed by atoms with Crippen LogP contribution in [0, 0.1) is 6.92 Å². The molecule has 0 aliphatic rings. The topological polar surface area (TPSA) is 17.1 Å². The summed E-state index contributed by atoms with van der Waals surface area (Å²) in [4.78, 5) is 11.6. The predicted octanol–water partition coefficient (Wildman–Crippen LogP) is 4.28. The lowest BCUT2D eigenvalue weighted by atomic mass is 10.0. The number of hydrogen-bond acceptors (Lipinski definition) is 1. The van der Waals surface area contributed by atoms with Gasteiger partial charge in [0.2, 0.25) is 0 Å². The fourth-order valence-electron chi connectivity index (χ4n) is 1.23. The minimum Gasteiger partial charge on any atom is -0.294 e. The molecule has 0 amide bonds. The predicted molar refractivity (Wildman–Crippen MR) is 60.4 cm³/mol. The number of aryl methyl sites for hydroxylation is 1.